The third-order valence-electron chi connectivity index (χ3n) is 1.15. The lowest BCUT2D eigenvalue weighted by molar-refractivity contribution is -0.106. The van der Waals surface area contributed by atoms with Gasteiger partial charge in [-0.1, -0.05) is 18.7 Å². The van der Waals surface area contributed by atoms with Crippen molar-refractivity contribution in [1.82, 2.24) is 5.32 Å². The molecule has 0 fully saturated rings. The quantitative estimate of drug-likeness (QED) is 0.535. The summed E-state index contributed by atoms with van der Waals surface area (Å²) >= 11 is 0. The number of likely N-dealkylation sites (N-methyl/N-ethyl adjacent to an activating group) is 1. The number of hydrogen-bond acceptors (Lipinski definition) is 2. The van der Waals surface area contributed by atoms with E-state index in [1.54, 1.807) is 0 Å². The van der Waals surface area contributed by atoms with Crippen molar-refractivity contribution in [2.45, 2.75) is 20.8 Å². The molecule has 0 radical (unpaired) electrons. The minimum atomic E-state index is 0.750. The van der Waals surface area contributed by atoms with Crippen LogP contribution in [0.5, 0.6) is 0 Å². The maximum Gasteiger partial charge on any atom is 0.116 e. The molecule has 0 saturated carbocycles. The first kappa shape index (κ1) is 14.2. The van der Waals surface area contributed by atoms with Crippen LogP contribution in [-0.4, -0.2) is 13.3 Å². The van der Waals surface area contributed by atoms with E-state index < -0.39 is 0 Å². The van der Waals surface area contributed by atoms with Crippen molar-refractivity contribution in [1.29, 1.82) is 0 Å². The van der Waals surface area contributed by atoms with Gasteiger partial charge in [0.25, 0.3) is 0 Å². The van der Waals surface area contributed by atoms with Crippen LogP contribution in [0, 0.1) is 0 Å². The van der Waals surface area contributed by atoms with Gasteiger partial charge in [0.2, 0.25) is 0 Å². The Morgan fingerprint density at radius 3 is 2.15 bits per heavy atom. The second-order valence-corrected chi connectivity index (χ2v) is 2.40. The van der Waals surface area contributed by atoms with Gasteiger partial charge in [-0.15, -0.1) is 0 Å². The number of rotatable bonds is 3. The van der Waals surface area contributed by atoms with Crippen molar-refractivity contribution < 1.29 is 4.79 Å². The smallest absolute Gasteiger partial charge is 0.116 e. The molecule has 0 aliphatic heterocycles. The minimum Gasteiger partial charge on any atom is -0.389 e. The number of hydrogen-bond donors (Lipinski definition) is 1. The van der Waals surface area contributed by atoms with Crippen LogP contribution in [-0.2, 0) is 4.79 Å². The summed E-state index contributed by atoms with van der Waals surface area (Å²) in [6.45, 7) is 9.26. The van der Waals surface area contributed by atoms with Gasteiger partial charge in [0.05, 0.1) is 0 Å². The second kappa shape index (κ2) is 10.7. The topological polar surface area (TPSA) is 29.1 Å². The Balaban J connectivity index is 0. The zero-order chi connectivity index (χ0) is 10.7. The Hall–Kier alpha value is -1.31. The standard InChI is InChI=1S/C9H15N.C2H4O/c1-5-6-8(2)7-9(3)10-4;1-2-3/h5-7,10H,3H2,1-2,4H3;2H,1H3/b6-5-,8-7-;. The van der Waals surface area contributed by atoms with Crippen molar-refractivity contribution in [3.63, 3.8) is 0 Å². The largest absolute Gasteiger partial charge is 0.389 e. The lowest BCUT2D eigenvalue weighted by Gasteiger charge is -1.97. The average molecular weight is 181 g/mol. The summed E-state index contributed by atoms with van der Waals surface area (Å²) in [4.78, 5) is 8.81. The van der Waals surface area contributed by atoms with E-state index in [1.165, 1.54) is 12.5 Å². The highest BCUT2D eigenvalue weighted by atomic mass is 16.1. The molecule has 0 amide bonds. The van der Waals surface area contributed by atoms with E-state index in [-0.39, 0.29) is 0 Å². The Kier molecular flexibility index (Phi) is 11.7. The van der Waals surface area contributed by atoms with Gasteiger partial charge in [0, 0.05) is 12.7 Å². The monoisotopic (exact) mass is 181 g/mol. The summed E-state index contributed by atoms with van der Waals surface area (Å²) in [5.41, 5.74) is 2.15. The fraction of sp³-hybridized carbons (Fsp3) is 0.364. The summed E-state index contributed by atoms with van der Waals surface area (Å²) in [6, 6.07) is 0. The van der Waals surface area contributed by atoms with Crippen molar-refractivity contribution in [2.24, 2.45) is 0 Å². The molecule has 2 nitrogen and oxygen atoms in total. The molecule has 0 aliphatic carbocycles. The zero-order valence-electron chi connectivity index (χ0n) is 8.92. The molecule has 0 saturated heterocycles. The second-order valence-electron chi connectivity index (χ2n) is 2.40. The van der Waals surface area contributed by atoms with Gasteiger partial charge >= 0.3 is 0 Å². The highest BCUT2D eigenvalue weighted by Crippen LogP contribution is 1.97. The van der Waals surface area contributed by atoms with Gasteiger partial charge < -0.3 is 10.1 Å². The van der Waals surface area contributed by atoms with Gasteiger partial charge in [0.15, 0.2) is 0 Å². The van der Waals surface area contributed by atoms with Gasteiger partial charge in [-0.05, 0) is 32.4 Å². The van der Waals surface area contributed by atoms with Gasteiger partial charge in [0.1, 0.15) is 6.29 Å². The Morgan fingerprint density at radius 1 is 1.38 bits per heavy atom. The fourth-order valence-electron chi connectivity index (χ4n) is 0.658. The summed E-state index contributed by atoms with van der Waals surface area (Å²) in [5, 5.41) is 2.95. The lowest BCUT2D eigenvalue weighted by Crippen LogP contribution is -2.00. The van der Waals surface area contributed by atoms with E-state index >= 15 is 0 Å². The predicted molar refractivity (Wildman–Crippen MR) is 58.5 cm³/mol. The molecule has 0 aromatic rings. The number of allylic oxidation sites excluding steroid dienone is 4. The normalized spacial score (nSPS) is 10.3. The molecule has 0 aromatic carbocycles. The number of carbonyl (C=O) groups is 1. The molecule has 2 heteroatoms. The van der Waals surface area contributed by atoms with Crippen LogP contribution in [0.4, 0.5) is 0 Å². The predicted octanol–water partition coefficient (Wildman–Crippen LogP) is 2.45. The third kappa shape index (κ3) is 13.7. The van der Waals surface area contributed by atoms with Crippen LogP contribution in [0.15, 0.2) is 36.1 Å². The van der Waals surface area contributed by atoms with Crippen molar-refractivity contribution in [2.75, 3.05) is 7.05 Å². The van der Waals surface area contributed by atoms with E-state index in [9.17, 15) is 0 Å². The molecule has 0 aromatic heterocycles. The molecule has 0 bridgehead atoms. The summed E-state index contributed by atoms with van der Waals surface area (Å²) < 4.78 is 0. The molecule has 1 N–H and O–H groups in total. The van der Waals surface area contributed by atoms with Crippen molar-refractivity contribution in [3.05, 3.63) is 36.1 Å². The zero-order valence-corrected chi connectivity index (χ0v) is 8.92. The third-order valence-corrected chi connectivity index (χ3v) is 1.15. The Labute approximate surface area is 81.0 Å². The van der Waals surface area contributed by atoms with E-state index in [1.807, 2.05) is 39.1 Å². The average Bonchev–Trinajstić information content (AvgIpc) is 2.06. The number of nitrogens with one attached hydrogen (secondary N) is 1. The van der Waals surface area contributed by atoms with E-state index in [0.717, 1.165) is 12.0 Å². The molecule has 0 aliphatic rings. The summed E-state index contributed by atoms with van der Waals surface area (Å²) in [5.74, 6) is 0. The van der Waals surface area contributed by atoms with Gasteiger partial charge in [-0.3, -0.25) is 0 Å². The first-order valence-electron chi connectivity index (χ1n) is 4.19. The van der Waals surface area contributed by atoms with Gasteiger partial charge in [-0.2, -0.15) is 0 Å². The van der Waals surface area contributed by atoms with Crippen LogP contribution in [0.1, 0.15) is 20.8 Å². The molecule has 0 spiro atoms. The molecule has 74 valence electrons. The van der Waals surface area contributed by atoms with Crippen molar-refractivity contribution >= 4 is 6.29 Å². The molecule has 13 heavy (non-hydrogen) atoms. The summed E-state index contributed by atoms with van der Waals surface area (Å²) in [7, 11) is 1.86. The van der Waals surface area contributed by atoms with E-state index in [4.69, 9.17) is 4.79 Å². The van der Waals surface area contributed by atoms with Crippen molar-refractivity contribution in [3.8, 4) is 0 Å². The summed E-state index contributed by atoms with van der Waals surface area (Å²) in [6.07, 6.45) is 6.80. The molecule has 0 atom stereocenters. The fourth-order valence-corrected chi connectivity index (χ4v) is 0.658. The molecule has 0 rings (SSSR count). The molecule has 0 unspecified atom stereocenters. The highest BCUT2D eigenvalue weighted by molar-refractivity contribution is 5.44. The first-order chi connectivity index (χ1) is 6.12. The SMILES string of the molecule is C=C(/C=C(C)\C=C/C)NC.CC=O. The minimum absolute atomic E-state index is 0.750. The number of carbonyl (C=O) groups excluding carboxylic acids is 1. The van der Waals surface area contributed by atoms with Crippen LogP contribution >= 0.6 is 0 Å². The molecule has 0 heterocycles. The Bertz CT molecular complexity index is 202. The Morgan fingerprint density at radius 2 is 1.85 bits per heavy atom. The van der Waals surface area contributed by atoms with E-state index in [2.05, 4.69) is 11.9 Å². The van der Waals surface area contributed by atoms with Crippen LogP contribution in [0.25, 0.3) is 0 Å². The number of aldehydes is 1. The first-order valence-corrected chi connectivity index (χ1v) is 4.19. The van der Waals surface area contributed by atoms with Crippen LogP contribution in [0.3, 0.4) is 0 Å². The van der Waals surface area contributed by atoms with Crippen LogP contribution < -0.4 is 5.32 Å². The van der Waals surface area contributed by atoms with E-state index in [0.29, 0.717) is 0 Å². The highest BCUT2D eigenvalue weighted by Gasteiger charge is 1.82. The maximum atomic E-state index is 8.81. The molecular weight excluding hydrogens is 162 g/mol. The van der Waals surface area contributed by atoms with Crippen LogP contribution in [0.2, 0.25) is 0 Å². The van der Waals surface area contributed by atoms with Gasteiger partial charge in [-0.25, -0.2) is 0 Å². The lowest BCUT2D eigenvalue weighted by atomic mass is 10.2. The molecular formula is C11H19NO. The maximum absolute atomic E-state index is 8.81.